The van der Waals surface area contributed by atoms with Crippen LogP contribution in [0, 0.1) is 11.3 Å². The molecule has 1 unspecified atom stereocenters. The van der Waals surface area contributed by atoms with E-state index in [-0.39, 0.29) is 41.8 Å². The van der Waals surface area contributed by atoms with E-state index in [0.29, 0.717) is 12.8 Å². The molecule has 3 N–H and O–H groups in total. The van der Waals surface area contributed by atoms with Crippen LogP contribution in [0.2, 0.25) is 0 Å². The molecule has 5 atom stereocenters. The van der Waals surface area contributed by atoms with Gasteiger partial charge in [-0.1, -0.05) is 70.7 Å². The summed E-state index contributed by atoms with van der Waals surface area (Å²) >= 11 is 6.64. The van der Waals surface area contributed by atoms with E-state index in [4.69, 9.17) is 21.4 Å². The van der Waals surface area contributed by atoms with Gasteiger partial charge in [0.2, 0.25) is 0 Å². The summed E-state index contributed by atoms with van der Waals surface area (Å²) < 4.78 is 4.87. The molecule has 1 fully saturated rings. The van der Waals surface area contributed by atoms with E-state index in [9.17, 15) is 15.0 Å². The Balaban J connectivity index is 1.82. The number of esters is 1. The van der Waals surface area contributed by atoms with Gasteiger partial charge in [0, 0.05) is 17.7 Å². The monoisotopic (exact) mass is 496 g/mol. The fourth-order valence-electron chi connectivity index (χ4n) is 5.06. The van der Waals surface area contributed by atoms with Gasteiger partial charge in [-0.15, -0.1) is 11.6 Å². The van der Waals surface area contributed by atoms with E-state index in [1.54, 1.807) is 0 Å². The molecule has 1 aliphatic rings. The second-order valence-corrected chi connectivity index (χ2v) is 11.6. The van der Waals surface area contributed by atoms with E-state index >= 15 is 0 Å². The number of hydrogen-bond donors (Lipinski definition) is 3. The van der Waals surface area contributed by atoms with Crippen molar-refractivity contribution in [2.45, 2.75) is 108 Å². The molecule has 0 bridgehead atoms. The molecule has 1 aromatic rings. The van der Waals surface area contributed by atoms with Crippen LogP contribution < -0.4 is 0 Å². The van der Waals surface area contributed by atoms with Gasteiger partial charge >= 0.3 is 5.97 Å². The molecule has 2 rings (SSSR count). The smallest absolute Gasteiger partial charge is 0.305 e. The molecule has 34 heavy (non-hydrogen) atoms. The summed E-state index contributed by atoms with van der Waals surface area (Å²) in [4.78, 5) is 11.5. The van der Waals surface area contributed by atoms with Crippen LogP contribution in [0.25, 0.3) is 0 Å². The molecule has 5 nitrogen and oxygen atoms in total. The van der Waals surface area contributed by atoms with Crippen molar-refractivity contribution < 1.29 is 24.9 Å². The number of aliphatic hydroxyl groups is 3. The first-order chi connectivity index (χ1) is 16.1. The van der Waals surface area contributed by atoms with Crippen LogP contribution >= 0.6 is 11.6 Å². The van der Waals surface area contributed by atoms with Crippen molar-refractivity contribution in [3.63, 3.8) is 0 Å². The first kappa shape index (κ1) is 29.1. The molecule has 1 aromatic carbocycles. The number of benzene rings is 1. The van der Waals surface area contributed by atoms with Gasteiger partial charge in [-0.25, -0.2) is 0 Å². The standard InChI is InChI=1S/C28H45ClO5/c1-28(2,3)16-8-10-24(31)20-12-14-21(15-13-20)27-22(23(29)19-25(27)32)9-6-4-5-7-11-26(33)34-18-17-30/h12-15,22-25,27,30-32H,4-11,16-19H2,1-3H3/t22-,23+,24?,25+,27+/m0/s1. The molecule has 6 heteroatoms. The maximum Gasteiger partial charge on any atom is 0.305 e. The number of halogens is 1. The first-order valence-electron chi connectivity index (χ1n) is 13.0. The Morgan fingerprint density at radius 2 is 1.79 bits per heavy atom. The van der Waals surface area contributed by atoms with Crippen LogP contribution in [0.3, 0.4) is 0 Å². The third kappa shape index (κ3) is 9.85. The highest BCUT2D eigenvalue weighted by Crippen LogP contribution is 2.45. The quantitative estimate of drug-likeness (QED) is 0.170. The van der Waals surface area contributed by atoms with E-state index < -0.39 is 12.2 Å². The molecular weight excluding hydrogens is 452 g/mol. The third-order valence-corrected chi connectivity index (χ3v) is 7.44. The molecule has 0 saturated heterocycles. The molecule has 0 radical (unpaired) electrons. The predicted molar refractivity (Wildman–Crippen MR) is 137 cm³/mol. The Hall–Kier alpha value is -1.14. The molecule has 0 amide bonds. The van der Waals surface area contributed by atoms with E-state index in [1.165, 1.54) is 0 Å². The topological polar surface area (TPSA) is 87.0 Å². The molecule has 0 aromatic heterocycles. The number of aliphatic hydroxyl groups excluding tert-OH is 3. The van der Waals surface area contributed by atoms with Crippen molar-refractivity contribution in [3.05, 3.63) is 35.4 Å². The van der Waals surface area contributed by atoms with Crippen molar-refractivity contribution in [3.8, 4) is 0 Å². The van der Waals surface area contributed by atoms with Crippen molar-refractivity contribution >= 4 is 17.6 Å². The molecular formula is C28H45ClO5. The Kier molecular flexibility index (Phi) is 12.3. The Morgan fingerprint density at radius 1 is 1.12 bits per heavy atom. The second-order valence-electron chi connectivity index (χ2n) is 11.0. The van der Waals surface area contributed by atoms with Gasteiger partial charge in [0.05, 0.1) is 18.8 Å². The van der Waals surface area contributed by atoms with Crippen molar-refractivity contribution in [2.75, 3.05) is 13.2 Å². The minimum absolute atomic E-state index is 0.0167. The van der Waals surface area contributed by atoms with Crippen molar-refractivity contribution in [2.24, 2.45) is 11.3 Å². The number of carbonyl (C=O) groups is 1. The summed E-state index contributed by atoms with van der Waals surface area (Å²) in [7, 11) is 0. The molecule has 0 heterocycles. The molecule has 0 spiro atoms. The Bertz CT molecular complexity index is 715. The SMILES string of the molecule is CC(C)(C)CCCC(O)c1ccc([C@@H]2[C@@H](CCCCCCC(=O)OCCO)[C@H](Cl)C[C@H]2O)cc1. The third-order valence-electron chi connectivity index (χ3n) is 6.94. The number of rotatable bonds is 14. The van der Waals surface area contributed by atoms with E-state index in [2.05, 4.69) is 32.9 Å². The van der Waals surface area contributed by atoms with Gasteiger partial charge in [0.1, 0.15) is 6.61 Å². The van der Waals surface area contributed by atoms with Gasteiger partial charge in [0.25, 0.3) is 0 Å². The highest BCUT2D eigenvalue weighted by atomic mass is 35.5. The van der Waals surface area contributed by atoms with Crippen LogP contribution in [0.4, 0.5) is 0 Å². The lowest BCUT2D eigenvalue weighted by molar-refractivity contribution is -0.144. The van der Waals surface area contributed by atoms with Crippen molar-refractivity contribution in [1.82, 2.24) is 0 Å². The summed E-state index contributed by atoms with van der Waals surface area (Å²) in [5, 5.41) is 29.9. The minimum Gasteiger partial charge on any atom is -0.463 e. The first-order valence-corrected chi connectivity index (χ1v) is 13.4. The average Bonchev–Trinajstić information content (AvgIpc) is 3.06. The molecule has 1 saturated carbocycles. The summed E-state index contributed by atoms with van der Waals surface area (Å²) in [6.07, 6.45) is 7.62. The largest absolute Gasteiger partial charge is 0.463 e. The van der Waals surface area contributed by atoms with Gasteiger partial charge in [-0.3, -0.25) is 4.79 Å². The van der Waals surface area contributed by atoms with E-state index in [0.717, 1.165) is 62.5 Å². The number of alkyl halides is 1. The number of unbranched alkanes of at least 4 members (excludes halogenated alkanes) is 3. The summed E-state index contributed by atoms with van der Waals surface area (Å²) in [6, 6.07) is 8.10. The average molecular weight is 497 g/mol. The molecule has 194 valence electrons. The normalized spacial score (nSPS) is 23.7. The van der Waals surface area contributed by atoms with Crippen LogP contribution in [-0.4, -0.2) is 46.0 Å². The zero-order valence-corrected chi connectivity index (χ0v) is 22.0. The lowest BCUT2D eigenvalue weighted by atomic mass is 9.83. The number of carbonyl (C=O) groups excluding carboxylic acids is 1. The minimum atomic E-state index is -0.456. The van der Waals surface area contributed by atoms with Gasteiger partial charge in [-0.05, 0) is 54.6 Å². The van der Waals surface area contributed by atoms with Gasteiger partial charge in [0.15, 0.2) is 0 Å². The van der Waals surface area contributed by atoms with Crippen LogP contribution in [0.5, 0.6) is 0 Å². The zero-order chi connectivity index (χ0) is 25.1. The fourth-order valence-corrected chi connectivity index (χ4v) is 5.52. The highest BCUT2D eigenvalue weighted by Gasteiger charge is 2.41. The lowest BCUT2D eigenvalue weighted by Gasteiger charge is -2.24. The maximum atomic E-state index is 11.5. The number of ether oxygens (including phenoxy) is 1. The van der Waals surface area contributed by atoms with Crippen LogP contribution in [0.1, 0.15) is 108 Å². The number of hydrogen-bond acceptors (Lipinski definition) is 5. The lowest BCUT2D eigenvalue weighted by Crippen LogP contribution is -2.19. The molecule has 0 aliphatic heterocycles. The maximum absolute atomic E-state index is 11.5. The summed E-state index contributed by atoms with van der Waals surface area (Å²) in [5.74, 6) is -0.0200. The fraction of sp³-hybridized carbons (Fsp3) is 0.750. The van der Waals surface area contributed by atoms with Crippen LogP contribution in [-0.2, 0) is 9.53 Å². The Morgan fingerprint density at radius 3 is 2.44 bits per heavy atom. The summed E-state index contributed by atoms with van der Waals surface area (Å²) in [5.41, 5.74) is 2.31. The van der Waals surface area contributed by atoms with Gasteiger partial charge < -0.3 is 20.1 Å². The highest BCUT2D eigenvalue weighted by molar-refractivity contribution is 6.21. The van der Waals surface area contributed by atoms with Crippen LogP contribution in [0.15, 0.2) is 24.3 Å². The van der Waals surface area contributed by atoms with E-state index in [1.807, 2.05) is 12.1 Å². The van der Waals surface area contributed by atoms with Gasteiger partial charge in [-0.2, -0.15) is 0 Å². The van der Waals surface area contributed by atoms with Crippen molar-refractivity contribution in [1.29, 1.82) is 0 Å². The second kappa shape index (κ2) is 14.4. The predicted octanol–water partition coefficient (Wildman–Crippen LogP) is 5.88. The zero-order valence-electron chi connectivity index (χ0n) is 21.2. The summed E-state index contributed by atoms with van der Waals surface area (Å²) in [6.45, 7) is 6.59. The molecule has 1 aliphatic carbocycles. The Labute approximate surface area is 210 Å².